The van der Waals surface area contributed by atoms with Gasteiger partial charge < -0.3 is 15.5 Å². The monoisotopic (exact) mass is 448 g/mol. The Morgan fingerprint density at radius 2 is 2.09 bits per heavy atom. The number of nitrogens with one attached hydrogen (secondary N) is 2. The van der Waals surface area contributed by atoms with Crippen molar-refractivity contribution in [1.82, 2.24) is 10.6 Å². The Labute approximate surface area is 161 Å². The van der Waals surface area contributed by atoms with Crippen LogP contribution in [0.3, 0.4) is 0 Å². The van der Waals surface area contributed by atoms with Crippen LogP contribution in [0, 0.1) is 5.92 Å². The van der Waals surface area contributed by atoms with Crippen molar-refractivity contribution in [3.8, 4) is 0 Å². The summed E-state index contributed by atoms with van der Waals surface area (Å²) in [6.07, 6.45) is 7.91. The minimum atomic E-state index is 0. The van der Waals surface area contributed by atoms with Crippen molar-refractivity contribution in [2.75, 3.05) is 31.6 Å². The van der Waals surface area contributed by atoms with Crippen LogP contribution in [-0.2, 0) is 0 Å². The lowest BCUT2D eigenvalue weighted by Gasteiger charge is -2.33. The topological polar surface area (TPSA) is 39.7 Å². The summed E-state index contributed by atoms with van der Waals surface area (Å²) in [5, 5.41) is 10.6. The summed E-state index contributed by atoms with van der Waals surface area (Å²) in [5.74, 6) is 2.00. The highest BCUT2D eigenvalue weighted by molar-refractivity contribution is 14.0. The maximum atomic E-state index is 4.37. The van der Waals surface area contributed by atoms with E-state index in [4.69, 9.17) is 0 Å². The molecule has 2 aliphatic rings. The first-order valence-electron chi connectivity index (χ1n) is 8.61. The fraction of sp³-hybridized carbons (Fsp3) is 0.706. The van der Waals surface area contributed by atoms with E-state index >= 15 is 0 Å². The molecule has 2 N–H and O–H groups in total. The van der Waals surface area contributed by atoms with E-state index in [2.05, 4.69) is 38.0 Å². The zero-order valence-corrected chi connectivity index (χ0v) is 17.1. The van der Waals surface area contributed by atoms with Crippen molar-refractivity contribution in [2.45, 2.75) is 44.6 Å². The van der Waals surface area contributed by atoms with Gasteiger partial charge in [-0.25, -0.2) is 0 Å². The molecule has 130 valence electrons. The Hall–Kier alpha value is -0.500. The van der Waals surface area contributed by atoms with Gasteiger partial charge in [-0.15, -0.1) is 35.3 Å². The molecule has 0 unspecified atom stereocenters. The minimum Gasteiger partial charge on any atom is -0.363 e. The fourth-order valence-electron chi connectivity index (χ4n) is 3.09. The van der Waals surface area contributed by atoms with Crippen LogP contribution in [0.15, 0.2) is 22.5 Å². The number of guanidine groups is 1. The summed E-state index contributed by atoms with van der Waals surface area (Å²) in [5.41, 5.74) is 0. The van der Waals surface area contributed by atoms with Gasteiger partial charge in [-0.3, -0.25) is 4.99 Å². The van der Waals surface area contributed by atoms with Gasteiger partial charge in [0.15, 0.2) is 5.96 Å². The third-order valence-electron chi connectivity index (χ3n) is 4.66. The smallest absolute Gasteiger partial charge is 0.191 e. The summed E-state index contributed by atoms with van der Waals surface area (Å²) < 4.78 is 0. The molecule has 0 amide bonds. The molecule has 1 aromatic heterocycles. The third kappa shape index (κ3) is 6.14. The average Bonchev–Trinajstić information content (AvgIpc) is 3.22. The van der Waals surface area contributed by atoms with Gasteiger partial charge in [0.25, 0.3) is 0 Å². The predicted octanol–water partition coefficient (Wildman–Crippen LogP) is 3.69. The number of halogens is 1. The molecule has 0 spiro atoms. The van der Waals surface area contributed by atoms with Crippen molar-refractivity contribution in [1.29, 1.82) is 0 Å². The number of anilines is 1. The molecule has 2 fully saturated rings. The number of hydrogen-bond acceptors (Lipinski definition) is 3. The van der Waals surface area contributed by atoms with E-state index < -0.39 is 0 Å². The Morgan fingerprint density at radius 1 is 1.30 bits per heavy atom. The molecule has 1 aromatic rings. The molecule has 4 nitrogen and oxygen atoms in total. The van der Waals surface area contributed by atoms with Crippen LogP contribution in [0.1, 0.15) is 38.5 Å². The Morgan fingerprint density at radius 3 is 2.70 bits per heavy atom. The summed E-state index contributed by atoms with van der Waals surface area (Å²) >= 11 is 1.84. The van der Waals surface area contributed by atoms with Crippen molar-refractivity contribution < 1.29 is 0 Å². The van der Waals surface area contributed by atoms with Gasteiger partial charge in [-0.1, -0.05) is 12.8 Å². The normalized spacial score (nSPS) is 19.3. The molecule has 2 heterocycles. The van der Waals surface area contributed by atoms with Crippen molar-refractivity contribution >= 4 is 46.3 Å². The first kappa shape index (κ1) is 18.8. The Balaban J connectivity index is 0.00000192. The van der Waals surface area contributed by atoms with Crippen LogP contribution >= 0.6 is 35.3 Å². The second-order valence-corrected chi connectivity index (χ2v) is 7.37. The molecule has 0 bridgehead atoms. The number of hydrogen-bond donors (Lipinski definition) is 2. The van der Waals surface area contributed by atoms with Crippen molar-refractivity contribution in [3.63, 3.8) is 0 Å². The fourth-order valence-corrected chi connectivity index (χ4v) is 3.87. The van der Waals surface area contributed by atoms with E-state index in [-0.39, 0.29) is 24.0 Å². The average molecular weight is 448 g/mol. The molecule has 1 saturated carbocycles. The Bertz CT molecular complexity index is 465. The maximum absolute atomic E-state index is 4.37. The quantitative estimate of drug-likeness (QED) is 0.302. The van der Waals surface area contributed by atoms with Crippen LogP contribution in [0.4, 0.5) is 5.00 Å². The van der Waals surface area contributed by atoms with E-state index in [1.54, 1.807) is 0 Å². The lowest BCUT2D eigenvalue weighted by molar-refractivity contribution is 0.462. The second-order valence-electron chi connectivity index (χ2n) is 6.44. The van der Waals surface area contributed by atoms with Gasteiger partial charge in [0, 0.05) is 32.7 Å². The van der Waals surface area contributed by atoms with Gasteiger partial charge in [0.1, 0.15) is 0 Å². The Kier molecular flexibility index (Phi) is 7.95. The largest absolute Gasteiger partial charge is 0.363 e. The van der Waals surface area contributed by atoms with E-state index in [0.717, 1.165) is 31.5 Å². The summed E-state index contributed by atoms with van der Waals surface area (Å²) in [7, 11) is 1.87. The molecule has 0 radical (unpaired) electrons. The summed E-state index contributed by atoms with van der Waals surface area (Å²) in [4.78, 5) is 6.86. The van der Waals surface area contributed by atoms with Crippen LogP contribution in [0.2, 0.25) is 0 Å². The van der Waals surface area contributed by atoms with E-state index in [1.807, 2.05) is 18.4 Å². The van der Waals surface area contributed by atoms with Crippen LogP contribution in [0.25, 0.3) is 0 Å². The van der Waals surface area contributed by atoms with Crippen LogP contribution in [0.5, 0.6) is 0 Å². The maximum Gasteiger partial charge on any atom is 0.191 e. The number of rotatable bonds is 6. The highest BCUT2D eigenvalue weighted by Crippen LogP contribution is 2.33. The number of piperidine rings is 1. The molecule has 23 heavy (non-hydrogen) atoms. The van der Waals surface area contributed by atoms with E-state index in [9.17, 15) is 0 Å². The molecule has 0 atom stereocenters. The van der Waals surface area contributed by atoms with E-state index in [0.29, 0.717) is 6.04 Å². The molecule has 1 aliphatic heterocycles. The van der Waals surface area contributed by atoms with Gasteiger partial charge in [-0.2, -0.15) is 0 Å². The van der Waals surface area contributed by atoms with E-state index in [1.165, 1.54) is 43.5 Å². The van der Waals surface area contributed by atoms with Gasteiger partial charge >= 0.3 is 0 Å². The van der Waals surface area contributed by atoms with Gasteiger partial charge in [0.05, 0.1) is 5.00 Å². The summed E-state index contributed by atoms with van der Waals surface area (Å²) in [6, 6.07) is 4.90. The standard InChI is InChI=1S/C17H28N4S.HI/c1-18-17(19-10-2-4-14-6-7-14)20-15-8-11-21(12-9-15)16-5-3-13-22-16;/h3,5,13-15H,2,4,6-12H2,1H3,(H2,18,19,20);1H. The first-order chi connectivity index (χ1) is 10.8. The predicted molar refractivity (Wildman–Crippen MR) is 111 cm³/mol. The van der Waals surface area contributed by atoms with Gasteiger partial charge in [0.2, 0.25) is 0 Å². The van der Waals surface area contributed by atoms with Crippen LogP contribution in [-0.4, -0.2) is 38.7 Å². The molecule has 1 saturated heterocycles. The molecule has 1 aliphatic carbocycles. The zero-order valence-electron chi connectivity index (χ0n) is 14.0. The molecule has 0 aromatic carbocycles. The lowest BCUT2D eigenvalue weighted by Crippen LogP contribution is -2.48. The number of nitrogens with zero attached hydrogens (tertiary/aromatic N) is 2. The SMILES string of the molecule is CN=C(NCCCC1CC1)NC1CCN(c2cccs2)CC1.I. The molecule has 6 heteroatoms. The minimum absolute atomic E-state index is 0. The highest BCUT2D eigenvalue weighted by Gasteiger charge is 2.21. The first-order valence-corrected chi connectivity index (χ1v) is 9.49. The number of thiophene rings is 1. The third-order valence-corrected chi connectivity index (χ3v) is 5.58. The van der Waals surface area contributed by atoms with Crippen molar-refractivity contribution in [3.05, 3.63) is 17.5 Å². The zero-order chi connectivity index (χ0) is 15.2. The summed E-state index contributed by atoms with van der Waals surface area (Å²) in [6.45, 7) is 3.32. The lowest BCUT2D eigenvalue weighted by atomic mass is 10.1. The second kappa shape index (κ2) is 9.71. The molecule has 3 rings (SSSR count). The van der Waals surface area contributed by atoms with Crippen molar-refractivity contribution in [2.24, 2.45) is 10.9 Å². The molecular formula is C17H29IN4S. The highest BCUT2D eigenvalue weighted by atomic mass is 127. The molecular weight excluding hydrogens is 419 g/mol. The van der Waals surface area contributed by atoms with Crippen LogP contribution < -0.4 is 15.5 Å². The number of aliphatic imine (C=N–C) groups is 1. The van der Waals surface area contributed by atoms with Gasteiger partial charge in [-0.05, 0) is 49.1 Å².